The molecule has 5 N–H and O–H groups in total. The predicted octanol–water partition coefficient (Wildman–Crippen LogP) is 3.58. The summed E-state index contributed by atoms with van der Waals surface area (Å²) in [7, 11) is 0. The van der Waals surface area contributed by atoms with Gasteiger partial charge in [-0.05, 0) is 25.9 Å². The van der Waals surface area contributed by atoms with Gasteiger partial charge in [-0.15, -0.1) is 0 Å². The van der Waals surface area contributed by atoms with Gasteiger partial charge in [-0.3, -0.25) is 0 Å². The van der Waals surface area contributed by atoms with E-state index in [9.17, 15) is 0 Å². The molecule has 0 aliphatic carbocycles. The van der Waals surface area contributed by atoms with Crippen molar-refractivity contribution >= 4 is 0 Å². The van der Waals surface area contributed by atoms with E-state index in [4.69, 9.17) is 16.6 Å². The van der Waals surface area contributed by atoms with E-state index in [1.54, 1.807) is 0 Å². The van der Waals surface area contributed by atoms with Gasteiger partial charge in [-0.25, -0.2) is 0 Å². The van der Waals surface area contributed by atoms with Crippen LogP contribution in [0.4, 0.5) is 0 Å². The molecule has 0 spiro atoms. The Balaban J connectivity index is 0. The Labute approximate surface area is 121 Å². The number of aliphatic hydroxyl groups is 1. The minimum atomic E-state index is 0.219. The minimum absolute atomic E-state index is 0.219. The molecule has 0 amide bonds. The normalized spacial score (nSPS) is 10.1. The van der Waals surface area contributed by atoms with Crippen molar-refractivity contribution in [2.45, 2.75) is 84.0 Å². The third-order valence-electron chi connectivity index (χ3n) is 3.17. The molecule has 0 saturated carbocycles. The summed E-state index contributed by atoms with van der Waals surface area (Å²) in [6, 6.07) is 0. The van der Waals surface area contributed by atoms with Crippen molar-refractivity contribution in [3.05, 3.63) is 0 Å². The van der Waals surface area contributed by atoms with E-state index in [1.165, 1.54) is 70.6 Å². The van der Waals surface area contributed by atoms with E-state index in [2.05, 4.69) is 6.92 Å². The SMILES string of the molecule is CCCCCCCCCCCCCN.NCCCO. The second-order valence-electron chi connectivity index (χ2n) is 5.19. The lowest BCUT2D eigenvalue weighted by Gasteiger charge is -2.01. The average Bonchev–Trinajstić information content (AvgIpc) is 2.43. The Morgan fingerprint density at radius 1 is 0.579 bits per heavy atom. The monoisotopic (exact) mass is 274 g/mol. The zero-order valence-electron chi connectivity index (χ0n) is 13.2. The largest absolute Gasteiger partial charge is 0.396 e. The van der Waals surface area contributed by atoms with Gasteiger partial charge in [-0.2, -0.15) is 0 Å². The van der Waals surface area contributed by atoms with Crippen LogP contribution >= 0.6 is 0 Å². The van der Waals surface area contributed by atoms with Gasteiger partial charge in [0.1, 0.15) is 0 Å². The molecule has 0 fully saturated rings. The van der Waals surface area contributed by atoms with Crippen molar-refractivity contribution in [3.8, 4) is 0 Å². The first-order valence-corrected chi connectivity index (χ1v) is 8.34. The summed E-state index contributed by atoms with van der Waals surface area (Å²) in [6.07, 6.45) is 16.1. The van der Waals surface area contributed by atoms with E-state index in [-0.39, 0.29) is 6.61 Å². The molecule has 118 valence electrons. The topological polar surface area (TPSA) is 72.3 Å². The molecule has 0 aromatic rings. The third-order valence-corrected chi connectivity index (χ3v) is 3.17. The lowest BCUT2D eigenvalue weighted by atomic mass is 10.1. The molecule has 0 heterocycles. The van der Waals surface area contributed by atoms with Crippen LogP contribution in [0.3, 0.4) is 0 Å². The highest BCUT2D eigenvalue weighted by Crippen LogP contribution is 2.10. The molecule has 0 radical (unpaired) electrons. The van der Waals surface area contributed by atoms with Crippen molar-refractivity contribution in [2.24, 2.45) is 11.5 Å². The molecule has 0 aromatic heterocycles. The number of aliphatic hydroxyl groups excluding tert-OH is 1. The summed E-state index contributed by atoms with van der Waals surface area (Å²) in [5.41, 5.74) is 10.4. The van der Waals surface area contributed by atoms with Gasteiger partial charge in [0.25, 0.3) is 0 Å². The van der Waals surface area contributed by atoms with Crippen LogP contribution in [0.25, 0.3) is 0 Å². The Kier molecular flexibility index (Phi) is 25.7. The zero-order valence-corrected chi connectivity index (χ0v) is 13.2. The highest BCUT2D eigenvalue weighted by Gasteiger charge is 1.91. The van der Waals surface area contributed by atoms with Gasteiger partial charge >= 0.3 is 0 Å². The van der Waals surface area contributed by atoms with Crippen molar-refractivity contribution in [1.29, 1.82) is 0 Å². The summed E-state index contributed by atoms with van der Waals surface area (Å²) in [5.74, 6) is 0. The smallest absolute Gasteiger partial charge is 0.0443 e. The molecule has 0 bridgehead atoms. The molecule has 3 nitrogen and oxygen atoms in total. The highest BCUT2D eigenvalue weighted by atomic mass is 16.2. The Bertz CT molecular complexity index is 118. The molecular weight excluding hydrogens is 236 g/mol. The first-order valence-electron chi connectivity index (χ1n) is 8.34. The van der Waals surface area contributed by atoms with Crippen LogP contribution in [0.5, 0.6) is 0 Å². The lowest BCUT2D eigenvalue weighted by molar-refractivity contribution is 0.291. The first kappa shape index (κ1) is 21.2. The van der Waals surface area contributed by atoms with Gasteiger partial charge in [0.05, 0.1) is 0 Å². The van der Waals surface area contributed by atoms with E-state index in [0.717, 1.165) is 13.0 Å². The molecule has 0 aliphatic rings. The van der Waals surface area contributed by atoms with E-state index in [1.807, 2.05) is 0 Å². The van der Waals surface area contributed by atoms with Crippen LogP contribution in [-0.4, -0.2) is 24.8 Å². The van der Waals surface area contributed by atoms with Crippen LogP contribution < -0.4 is 11.5 Å². The molecular formula is C16H38N2O. The third kappa shape index (κ3) is 27.2. The Morgan fingerprint density at radius 2 is 0.947 bits per heavy atom. The van der Waals surface area contributed by atoms with Gasteiger partial charge in [0, 0.05) is 6.61 Å². The number of hydrogen-bond acceptors (Lipinski definition) is 3. The van der Waals surface area contributed by atoms with E-state index in [0.29, 0.717) is 6.54 Å². The number of rotatable bonds is 13. The van der Waals surface area contributed by atoms with Gasteiger partial charge in [0.2, 0.25) is 0 Å². The molecule has 0 unspecified atom stereocenters. The van der Waals surface area contributed by atoms with Crippen LogP contribution in [0.1, 0.15) is 84.0 Å². The zero-order chi connectivity index (χ0) is 14.6. The van der Waals surface area contributed by atoms with Crippen molar-refractivity contribution in [2.75, 3.05) is 19.7 Å². The molecule has 0 rings (SSSR count). The summed E-state index contributed by atoms with van der Waals surface area (Å²) in [5, 5.41) is 7.99. The quantitative estimate of drug-likeness (QED) is 0.449. The van der Waals surface area contributed by atoms with Gasteiger partial charge < -0.3 is 16.6 Å². The van der Waals surface area contributed by atoms with E-state index >= 15 is 0 Å². The fourth-order valence-electron chi connectivity index (χ4n) is 1.90. The summed E-state index contributed by atoms with van der Waals surface area (Å²) >= 11 is 0. The molecule has 19 heavy (non-hydrogen) atoms. The van der Waals surface area contributed by atoms with Crippen LogP contribution in [0.15, 0.2) is 0 Å². The summed E-state index contributed by atoms with van der Waals surface area (Å²) in [6.45, 7) is 3.96. The van der Waals surface area contributed by atoms with Gasteiger partial charge in [0.15, 0.2) is 0 Å². The van der Waals surface area contributed by atoms with Crippen LogP contribution in [0.2, 0.25) is 0 Å². The average molecular weight is 274 g/mol. The number of unbranched alkanes of at least 4 members (excludes halogenated alkanes) is 10. The predicted molar refractivity (Wildman–Crippen MR) is 86.3 cm³/mol. The van der Waals surface area contributed by atoms with Crippen molar-refractivity contribution in [1.82, 2.24) is 0 Å². The Morgan fingerprint density at radius 3 is 1.21 bits per heavy atom. The second kappa shape index (κ2) is 23.0. The Hall–Kier alpha value is -0.120. The fourth-order valence-corrected chi connectivity index (χ4v) is 1.90. The molecule has 0 atom stereocenters. The van der Waals surface area contributed by atoms with Gasteiger partial charge in [-0.1, -0.05) is 71.1 Å². The maximum Gasteiger partial charge on any atom is 0.0443 e. The molecule has 3 heteroatoms. The second-order valence-corrected chi connectivity index (χ2v) is 5.19. The standard InChI is InChI=1S/C13H29N.C3H9NO/c1-2-3-4-5-6-7-8-9-10-11-12-13-14;4-2-1-3-5/h2-14H2,1H3;5H,1-4H2. The first-order chi connectivity index (χ1) is 9.33. The number of hydrogen-bond donors (Lipinski definition) is 3. The van der Waals surface area contributed by atoms with Crippen molar-refractivity contribution in [3.63, 3.8) is 0 Å². The minimum Gasteiger partial charge on any atom is -0.396 e. The maximum absolute atomic E-state index is 7.99. The van der Waals surface area contributed by atoms with E-state index < -0.39 is 0 Å². The lowest BCUT2D eigenvalue weighted by Crippen LogP contribution is -1.99. The highest BCUT2D eigenvalue weighted by molar-refractivity contribution is 4.47. The molecule has 0 saturated heterocycles. The summed E-state index contributed by atoms with van der Waals surface area (Å²) < 4.78 is 0. The summed E-state index contributed by atoms with van der Waals surface area (Å²) in [4.78, 5) is 0. The number of nitrogens with two attached hydrogens (primary N) is 2. The van der Waals surface area contributed by atoms with Crippen LogP contribution in [0, 0.1) is 0 Å². The molecule has 0 aliphatic heterocycles. The van der Waals surface area contributed by atoms with Crippen LogP contribution in [-0.2, 0) is 0 Å². The maximum atomic E-state index is 7.99. The molecule has 0 aromatic carbocycles. The van der Waals surface area contributed by atoms with Crippen molar-refractivity contribution < 1.29 is 5.11 Å². The fraction of sp³-hybridized carbons (Fsp3) is 1.00.